The van der Waals surface area contributed by atoms with Crippen molar-refractivity contribution < 1.29 is 27.9 Å². The molecule has 1 aromatic rings. The van der Waals surface area contributed by atoms with Crippen LogP contribution >= 0.6 is 11.6 Å². The van der Waals surface area contributed by atoms with Crippen LogP contribution < -0.4 is 10.6 Å². The Morgan fingerprint density at radius 2 is 1.83 bits per heavy atom. The van der Waals surface area contributed by atoms with E-state index in [1.165, 1.54) is 0 Å². The Hall–Kier alpha value is -1.84. The highest BCUT2D eigenvalue weighted by Crippen LogP contribution is 2.31. The molecule has 3 N–H and O–H groups in total. The summed E-state index contributed by atoms with van der Waals surface area (Å²) in [6, 6.07) is 2.87. The van der Waals surface area contributed by atoms with E-state index in [1.54, 1.807) is 0 Å². The van der Waals surface area contributed by atoms with Crippen molar-refractivity contribution in [1.82, 2.24) is 15.5 Å². The van der Waals surface area contributed by atoms with E-state index in [-0.39, 0.29) is 29.3 Å². The first-order valence-corrected chi connectivity index (χ1v) is 9.87. The van der Waals surface area contributed by atoms with Crippen molar-refractivity contribution in [3.05, 3.63) is 34.3 Å². The van der Waals surface area contributed by atoms with Gasteiger partial charge in [-0.1, -0.05) is 11.6 Å². The van der Waals surface area contributed by atoms with Gasteiger partial charge in [-0.3, -0.25) is 14.5 Å². The maximum Gasteiger partial charge on any atom is 0.416 e. The highest BCUT2D eigenvalue weighted by molar-refractivity contribution is 6.33. The molecule has 1 saturated carbocycles. The molecule has 1 heterocycles. The maximum absolute atomic E-state index is 12.8. The topological polar surface area (TPSA) is 81.7 Å². The molecule has 1 aliphatic heterocycles. The number of carbonyl (C=O) groups is 2. The highest BCUT2D eigenvalue weighted by Gasteiger charge is 2.35. The van der Waals surface area contributed by atoms with Gasteiger partial charge in [0.2, 0.25) is 5.91 Å². The second kappa shape index (κ2) is 8.89. The van der Waals surface area contributed by atoms with Gasteiger partial charge in [-0.05, 0) is 43.9 Å². The van der Waals surface area contributed by atoms with E-state index < -0.39 is 23.6 Å². The van der Waals surface area contributed by atoms with Crippen LogP contribution in [0.3, 0.4) is 0 Å². The summed E-state index contributed by atoms with van der Waals surface area (Å²) >= 11 is 5.82. The van der Waals surface area contributed by atoms with Crippen molar-refractivity contribution in [2.24, 2.45) is 0 Å². The maximum atomic E-state index is 12.8. The summed E-state index contributed by atoms with van der Waals surface area (Å²) in [6.45, 7) is 1.07. The fourth-order valence-electron chi connectivity index (χ4n) is 3.74. The van der Waals surface area contributed by atoms with Gasteiger partial charge in [0.1, 0.15) is 0 Å². The van der Waals surface area contributed by atoms with Crippen LogP contribution in [-0.4, -0.2) is 59.6 Å². The fraction of sp³-hybridized carbons (Fsp3) is 0.579. The summed E-state index contributed by atoms with van der Waals surface area (Å²) in [5, 5.41) is 14.5. The number of nitrogens with zero attached hydrogens (tertiary/aromatic N) is 1. The van der Waals surface area contributed by atoms with Gasteiger partial charge in [0.05, 0.1) is 34.8 Å². The monoisotopic (exact) mass is 433 g/mol. The first-order valence-electron chi connectivity index (χ1n) is 9.50. The summed E-state index contributed by atoms with van der Waals surface area (Å²) in [6.07, 6.45) is -1.34. The van der Waals surface area contributed by atoms with E-state index in [2.05, 4.69) is 15.5 Å². The minimum atomic E-state index is -4.59. The zero-order valence-electron chi connectivity index (χ0n) is 15.6. The number of hydrogen-bond donors (Lipinski definition) is 3. The molecule has 10 heteroatoms. The molecule has 0 unspecified atom stereocenters. The van der Waals surface area contributed by atoms with E-state index >= 15 is 0 Å². The first-order chi connectivity index (χ1) is 13.6. The smallest absolute Gasteiger partial charge is 0.393 e. The molecule has 6 nitrogen and oxygen atoms in total. The summed E-state index contributed by atoms with van der Waals surface area (Å²) in [7, 11) is 0. The van der Waals surface area contributed by atoms with Crippen LogP contribution in [0.4, 0.5) is 13.2 Å². The van der Waals surface area contributed by atoms with Gasteiger partial charge in [0.25, 0.3) is 5.91 Å². The lowest BCUT2D eigenvalue weighted by molar-refractivity contribution is -0.137. The zero-order valence-corrected chi connectivity index (χ0v) is 16.4. The van der Waals surface area contributed by atoms with E-state index in [0.29, 0.717) is 25.2 Å². The molecule has 0 atom stereocenters. The Kier molecular flexibility index (Phi) is 6.70. The van der Waals surface area contributed by atoms with Crippen LogP contribution in [0, 0.1) is 0 Å². The van der Waals surface area contributed by atoms with Gasteiger partial charge in [0.15, 0.2) is 0 Å². The lowest BCUT2D eigenvalue weighted by Gasteiger charge is -2.46. The number of amides is 2. The van der Waals surface area contributed by atoms with E-state index in [4.69, 9.17) is 11.6 Å². The Bertz CT molecular complexity index is 761. The molecule has 1 aliphatic carbocycles. The van der Waals surface area contributed by atoms with E-state index in [1.807, 2.05) is 0 Å². The molecule has 160 valence electrons. The number of benzene rings is 1. The first kappa shape index (κ1) is 21.9. The quantitative estimate of drug-likeness (QED) is 0.665. The predicted molar refractivity (Wildman–Crippen MR) is 101 cm³/mol. The van der Waals surface area contributed by atoms with Gasteiger partial charge >= 0.3 is 6.18 Å². The summed E-state index contributed by atoms with van der Waals surface area (Å²) in [5.41, 5.74) is -1.31. The molecule has 0 aromatic heterocycles. The minimum absolute atomic E-state index is 0.0246. The van der Waals surface area contributed by atoms with Crippen molar-refractivity contribution in [2.45, 2.75) is 50.0 Å². The van der Waals surface area contributed by atoms with Gasteiger partial charge in [-0.25, -0.2) is 0 Å². The van der Waals surface area contributed by atoms with Crippen LogP contribution in [0.15, 0.2) is 18.2 Å². The molecule has 2 fully saturated rings. The summed E-state index contributed by atoms with van der Waals surface area (Å²) in [4.78, 5) is 26.4. The summed E-state index contributed by atoms with van der Waals surface area (Å²) < 4.78 is 38.4. The Morgan fingerprint density at radius 1 is 1.17 bits per heavy atom. The fourth-order valence-corrected chi connectivity index (χ4v) is 3.94. The predicted octanol–water partition coefficient (Wildman–Crippen LogP) is 2.19. The highest BCUT2D eigenvalue weighted by atomic mass is 35.5. The van der Waals surface area contributed by atoms with E-state index in [0.717, 1.165) is 37.8 Å². The Balaban J connectivity index is 1.43. The average Bonchev–Trinajstić information content (AvgIpc) is 2.63. The van der Waals surface area contributed by atoms with Gasteiger partial charge in [-0.15, -0.1) is 0 Å². The van der Waals surface area contributed by atoms with Gasteiger partial charge in [-0.2, -0.15) is 13.2 Å². The Morgan fingerprint density at radius 3 is 2.45 bits per heavy atom. The molecule has 29 heavy (non-hydrogen) atoms. The van der Waals surface area contributed by atoms with Crippen LogP contribution in [0.5, 0.6) is 0 Å². The lowest BCUT2D eigenvalue weighted by atomic mass is 9.89. The molecule has 1 saturated heterocycles. The lowest BCUT2D eigenvalue weighted by Crippen LogP contribution is -2.63. The van der Waals surface area contributed by atoms with Crippen LogP contribution in [-0.2, 0) is 11.0 Å². The number of carbonyl (C=O) groups excluding carboxylic acids is 2. The van der Waals surface area contributed by atoms with Crippen molar-refractivity contribution in [3.8, 4) is 0 Å². The molecular weight excluding hydrogens is 411 g/mol. The molecular formula is C19H23ClF3N3O3. The molecule has 0 spiro atoms. The normalized spacial score (nSPS) is 23.3. The van der Waals surface area contributed by atoms with Crippen LogP contribution in [0.2, 0.25) is 5.02 Å². The van der Waals surface area contributed by atoms with Crippen molar-refractivity contribution in [2.75, 3.05) is 19.6 Å². The number of likely N-dealkylation sites (tertiary alicyclic amines) is 1. The standard InChI is InChI=1S/C19H23ClF3N3O3/c20-16-6-1-11(19(21,22)23)7-15(16)18(29)24-8-17(28)25-12-9-26(10-12)13-2-4-14(27)5-3-13/h1,6-7,12-14,27H,2-5,8-10H2,(H,24,29)(H,25,28). The van der Waals surface area contributed by atoms with Crippen LogP contribution in [0.1, 0.15) is 41.6 Å². The zero-order chi connectivity index (χ0) is 21.2. The Labute approximate surface area is 171 Å². The number of nitrogens with one attached hydrogen (secondary N) is 2. The van der Waals surface area contributed by atoms with Crippen molar-refractivity contribution in [3.63, 3.8) is 0 Å². The second-order valence-corrected chi connectivity index (χ2v) is 7.96. The molecule has 0 bridgehead atoms. The molecule has 0 radical (unpaired) electrons. The van der Waals surface area contributed by atoms with E-state index in [9.17, 15) is 27.9 Å². The molecule has 2 amide bonds. The number of rotatable bonds is 5. The largest absolute Gasteiger partial charge is 0.416 e. The number of alkyl halides is 3. The number of aliphatic hydroxyl groups is 1. The molecule has 3 rings (SSSR count). The third-order valence-electron chi connectivity index (χ3n) is 5.41. The third-order valence-corrected chi connectivity index (χ3v) is 5.73. The number of aliphatic hydroxyl groups excluding tert-OH is 1. The van der Waals surface area contributed by atoms with Crippen molar-refractivity contribution in [1.29, 1.82) is 0 Å². The average molecular weight is 434 g/mol. The SMILES string of the molecule is O=C(CNC(=O)c1cc(C(F)(F)F)ccc1Cl)NC1CN(C2CCC(O)CC2)C1. The van der Waals surface area contributed by atoms with Gasteiger partial charge in [0, 0.05) is 19.1 Å². The summed E-state index contributed by atoms with van der Waals surface area (Å²) in [5.74, 6) is -1.25. The second-order valence-electron chi connectivity index (χ2n) is 7.56. The van der Waals surface area contributed by atoms with Crippen molar-refractivity contribution >= 4 is 23.4 Å². The number of halogens is 4. The van der Waals surface area contributed by atoms with Crippen LogP contribution in [0.25, 0.3) is 0 Å². The molecule has 1 aromatic carbocycles. The third kappa shape index (κ3) is 5.61. The van der Waals surface area contributed by atoms with Gasteiger partial charge < -0.3 is 15.7 Å². The minimum Gasteiger partial charge on any atom is -0.393 e. The number of hydrogen-bond acceptors (Lipinski definition) is 4. The molecule has 2 aliphatic rings.